The number of esters is 1. The van der Waals surface area contributed by atoms with Crippen molar-refractivity contribution in [1.29, 1.82) is 0 Å². The number of ether oxygens (including phenoxy) is 1. The molecule has 3 aromatic rings. The van der Waals surface area contributed by atoms with E-state index in [1.807, 2.05) is 6.07 Å². The van der Waals surface area contributed by atoms with Gasteiger partial charge in [0.2, 0.25) is 10.0 Å². The van der Waals surface area contributed by atoms with E-state index in [4.69, 9.17) is 4.74 Å². The highest BCUT2D eigenvalue weighted by molar-refractivity contribution is 7.92. The van der Waals surface area contributed by atoms with Gasteiger partial charge < -0.3 is 4.74 Å². The molecule has 0 aromatic heterocycles. The largest absolute Gasteiger partial charge is 0.423 e. The minimum Gasteiger partial charge on any atom is -0.423 e. The third kappa shape index (κ3) is 6.75. The normalized spacial score (nSPS) is 11.2. The number of nitrogens with one attached hydrogen (secondary N) is 1. The molecular formula is C24H23N3O5S. The molecule has 0 aliphatic carbocycles. The summed E-state index contributed by atoms with van der Waals surface area (Å²) in [6.07, 6.45) is 2.45. The maximum atomic E-state index is 12.3. The molecule has 0 bridgehead atoms. The molecule has 0 spiro atoms. The zero-order chi connectivity index (χ0) is 23.8. The van der Waals surface area contributed by atoms with E-state index in [0.717, 1.165) is 16.1 Å². The van der Waals surface area contributed by atoms with Gasteiger partial charge in [-0.05, 0) is 60.5 Å². The van der Waals surface area contributed by atoms with E-state index in [1.54, 1.807) is 79.7 Å². The van der Waals surface area contributed by atoms with Crippen LogP contribution in [0.5, 0.6) is 5.75 Å². The predicted octanol–water partition coefficient (Wildman–Crippen LogP) is 3.13. The summed E-state index contributed by atoms with van der Waals surface area (Å²) in [5, 5.41) is 3.88. The van der Waals surface area contributed by atoms with Crippen molar-refractivity contribution in [2.75, 3.05) is 17.1 Å². The summed E-state index contributed by atoms with van der Waals surface area (Å²) in [6.45, 7) is 1.36. The van der Waals surface area contributed by atoms with Gasteiger partial charge >= 0.3 is 5.97 Å². The van der Waals surface area contributed by atoms with Crippen LogP contribution in [0.3, 0.4) is 0 Å². The minimum absolute atomic E-state index is 0.368. The molecule has 3 aromatic carbocycles. The number of sulfonamides is 1. The lowest BCUT2D eigenvalue weighted by Gasteiger charge is -2.23. The molecule has 0 aliphatic rings. The van der Waals surface area contributed by atoms with Crippen LogP contribution in [0, 0.1) is 6.92 Å². The quantitative estimate of drug-likeness (QED) is 0.238. The van der Waals surface area contributed by atoms with Crippen LogP contribution in [0.1, 0.15) is 21.5 Å². The summed E-state index contributed by atoms with van der Waals surface area (Å²) in [5.41, 5.74) is 4.58. The second kappa shape index (κ2) is 10.6. The standard InChI is InChI=1S/C24H23N3O5S/c1-18-8-6-7-11-22(18)27(33(2,30)31)17-23(28)26-25-16-19-12-14-21(15-13-19)32-24(29)20-9-4-3-5-10-20/h3-16H,17H2,1-2H3,(H,26,28)/b25-16-. The fourth-order valence-electron chi connectivity index (χ4n) is 2.93. The number of carbonyl (C=O) groups is 2. The van der Waals surface area contributed by atoms with Gasteiger partial charge in [-0.1, -0.05) is 36.4 Å². The predicted molar refractivity (Wildman–Crippen MR) is 127 cm³/mol. The molecular weight excluding hydrogens is 442 g/mol. The van der Waals surface area contributed by atoms with E-state index in [2.05, 4.69) is 10.5 Å². The van der Waals surface area contributed by atoms with Gasteiger partial charge in [0.05, 0.1) is 23.7 Å². The molecule has 170 valence electrons. The van der Waals surface area contributed by atoms with Crippen LogP contribution >= 0.6 is 0 Å². The van der Waals surface area contributed by atoms with Crippen molar-refractivity contribution in [2.45, 2.75) is 6.92 Å². The molecule has 0 unspecified atom stereocenters. The third-order valence-electron chi connectivity index (χ3n) is 4.57. The SMILES string of the molecule is Cc1ccccc1N(CC(=O)N/N=C\c1ccc(OC(=O)c2ccccc2)cc1)S(C)(=O)=O. The number of hydrogen-bond donors (Lipinski definition) is 1. The molecule has 33 heavy (non-hydrogen) atoms. The highest BCUT2D eigenvalue weighted by Gasteiger charge is 2.21. The molecule has 0 saturated heterocycles. The van der Waals surface area contributed by atoms with Gasteiger partial charge in [-0.2, -0.15) is 5.10 Å². The number of para-hydroxylation sites is 1. The molecule has 0 fully saturated rings. The van der Waals surface area contributed by atoms with E-state index in [0.29, 0.717) is 22.6 Å². The van der Waals surface area contributed by atoms with E-state index in [9.17, 15) is 18.0 Å². The Labute approximate surface area is 192 Å². The number of nitrogens with zero attached hydrogens (tertiary/aromatic N) is 2. The number of amides is 1. The van der Waals surface area contributed by atoms with Crippen molar-refractivity contribution in [1.82, 2.24) is 5.43 Å². The summed E-state index contributed by atoms with van der Waals surface area (Å²) < 4.78 is 30.7. The maximum Gasteiger partial charge on any atom is 0.343 e. The lowest BCUT2D eigenvalue weighted by molar-refractivity contribution is -0.119. The average Bonchev–Trinajstić information content (AvgIpc) is 2.79. The first-order valence-electron chi connectivity index (χ1n) is 9.96. The number of rotatable bonds is 8. The highest BCUT2D eigenvalue weighted by atomic mass is 32.2. The lowest BCUT2D eigenvalue weighted by Crippen LogP contribution is -2.39. The molecule has 0 atom stereocenters. The van der Waals surface area contributed by atoms with Crippen LogP contribution in [-0.2, 0) is 14.8 Å². The highest BCUT2D eigenvalue weighted by Crippen LogP contribution is 2.21. The van der Waals surface area contributed by atoms with Gasteiger partial charge in [0, 0.05) is 0 Å². The molecule has 0 saturated carbocycles. The first-order valence-corrected chi connectivity index (χ1v) is 11.8. The molecule has 0 radical (unpaired) electrons. The Morgan fingerprint density at radius 1 is 0.970 bits per heavy atom. The number of carbonyl (C=O) groups excluding carboxylic acids is 2. The Morgan fingerprint density at radius 2 is 1.61 bits per heavy atom. The third-order valence-corrected chi connectivity index (χ3v) is 5.70. The van der Waals surface area contributed by atoms with Crippen molar-refractivity contribution in [2.24, 2.45) is 5.10 Å². The van der Waals surface area contributed by atoms with Gasteiger partial charge in [0.1, 0.15) is 12.3 Å². The smallest absolute Gasteiger partial charge is 0.343 e. The average molecular weight is 466 g/mol. The first-order chi connectivity index (χ1) is 15.7. The molecule has 0 aliphatic heterocycles. The number of hydrazone groups is 1. The molecule has 9 heteroatoms. The molecule has 1 N–H and O–H groups in total. The van der Waals surface area contributed by atoms with Gasteiger partial charge in [-0.15, -0.1) is 0 Å². The van der Waals surface area contributed by atoms with Crippen LogP contribution in [0.2, 0.25) is 0 Å². The van der Waals surface area contributed by atoms with Crippen molar-refractivity contribution in [3.63, 3.8) is 0 Å². The monoisotopic (exact) mass is 465 g/mol. The minimum atomic E-state index is -3.67. The van der Waals surface area contributed by atoms with Gasteiger partial charge in [-0.25, -0.2) is 18.6 Å². The second-order valence-corrected chi connectivity index (χ2v) is 9.08. The van der Waals surface area contributed by atoms with E-state index in [1.165, 1.54) is 6.21 Å². The topological polar surface area (TPSA) is 105 Å². The molecule has 8 nitrogen and oxygen atoms in total. The van der Waals surface area contributed by atoms with Gasteiger partial charge in [0.15, 0.2) is 0 Å². The maximum absolute atomic E-state index is 12.3. The van der Waals surface area contributed by atoms with Crippen LogP contribution in [0.4, 0.5) is 5.69 Å². The Hall–Kier alpha value is -3.98. The van der Waals surface area contributed by atoms with E-state index < -0.39 is 28.4 Å². The number of aryl methyl sites for hydroxylation is 1. The molecule has 3 rings (SSSR count). The first kappa shape index (κ1) is 23.7. The van der Waals surface area contributed by atoms with Crippen LogP contribution in [0.25, 0.3) is 0 Å². The number of hydrogen-bond acceptors (Lipinski definition) is 6. The Morgan fingerprint density at radius 3 is 2.24 bits per heavy atom. The Balaban J connectivity index is 1.58. The van der Waals surface area contributed by atoms with Crippen molar-refractivity contribution >= 4 is 33.8 Å². The van der Waals surface area contributed by atoms with Crippen LogP contribution < -0.4 is 14.5 Å². The second-order valence-electron chi connectivity index (χ2n) is 7.17. The zero-order valence-corrected chi connectivity index (χ0v) is 19.0. The van der Waals surface area contributed by atoms with Crippen LogP contribution in [0.15, 0.2) is 84.0 Å². The van der Waals surface area contributed by atoms with Crippen molar-refractivity contribution in [3.8, 4) is 5.75 Å². The molecule has 0 heterocycles. The van der Waals surface area contributed by atoms with Gasteiger partial charge in [-0.3, -0.25) is 9.10 Å². The van der Waals surface area contributed by atoms with Crippen molar-refractivity contribution in [3.05, 3.63) is 95.6 Å². The van der Waals surface area contributed by atoms with Gasteiger partial charge in [0.25, 0.3) is 5.91 Å². The Bertz CT molecular complexity index is 1260. The van der Waals surface area contributed by atoms with E-state index in [-0.39, 0.29) is 0 Å². The lowest BCUT2D eigenvalue weighted by atomic mass is 10.2. The summed E-state index contributed by atoms with van der Waals surface area (Å²) in [4.78, 5) is 24.4. The number of anilines is 1. The fraction of sp³-hybridized carbons (Fsp3) is 0.125. The fourth-order valence-corrected chi connectivity index (χ4v) is 3.84. The summed E-state index contributed by atoms with van der Waals surface area (Å²) >= 11 is 0. The Kier molecular flexibility index (Phi) is 7.57. The molecule has 1 amide bonds. The van der Waals surface area contributed by atoms with Crippen molar-refractivity contribution < 1.29 is 22.7 Å². The number of benzene rings is 3. The summed E-state index contributed by atoms with van der Waals surface area (Å²) in [5.74, 6) is -0.686. The summed E-state index contributed by atoms with van der Waals surface area (Å²) in [6, 6.07) is 22.1. The summed E-state index contributed by atoms with van der Waals surface area (Å²) in [7, 11) is -3.67. The van der Waals surface area contributed by atoms with Crippen LogP contribution in [-0.4, -0.2) is 39.3 Å². The van der Waals surface area contributed by atoms with E-state index >= 15 is 0 Å². The zero-order valence-electron chi connectivity index (χ0n) is 18.1.